The normalized spacial score (nSPS) is 17.5. The number of ether oxygens (including phenoxy) is 1. The highest BCUT2D eigenvalue weighted by Crippen LogP contribution is 2.39. The lowest BCUT2D eigenvalue weighted by molar-refractivity contribution is 0.280. The zero-order valence-corrected chi connectivity index (χ0v) is 15.2. The molecule has 0 unspecified atom stereocenters. The maximum atomic E-state index is 6.29. The number of fused-ring (bicyclic) bond motifs is 4. The van der Waals surface area contributed by atoms with Gasteiger partial charge in [0.25, 0.3) is 0 Å². The Labute approximate surface area is 152 Å². The Morgan fingerprint density at radius 1 is 1.27 bits per heavy atom. The summed E-state index contributed by atoms with van der Waals surface area (Å²) in [7, 11) is 2.15. The molecule has 0 aliphatic carbocycles. The summed E-state index contributed by atoms with van der Waals surface area (Å²) >= 11 is 0. The van der Waals surface area contributed by atoms with Crippen molar-refractivity contribution in [2.24, 2.45) is 7.05 Å². The number of hydrogen-bond acceptors (Lipinski definition) is 3. The third-order valence-corrected chi connectivity index (χ3v) is 5.74. The first-order chi connectivity index (χ1) is 12.7. The van der Waals surface area contributed by atoms with E-state index in [0.717, 1.165) is 18.9 Å². The van der Waals surface area contributed by atoms with Crippen LogP contribution in [0.5, 0.6) is 5.75 Å². The second kappa shape index (κ2) is 5.99. The molecule has 0 saturated carbocycles. The first kappa shape index (κ1) is 15.6. The molecule has 26 heavy (non-hydrogen) atoms. The fourth-order valence-corrected chi connectivity index (χ4v) is 4.44. The van der Waals surface area contributed by atoms with Crippen molar-refractivity contribution in [3.63, 3.8) is 0 Å². The SMILES string of the molecule is Cc1c2ccncc2cc2c3c(OC[C@@H]4CCCN4)cccc3n(C)c12. The summed E-state index contributed by atoms with van der Waals surface area (Å²) in [5, 5.41) is 8.40. The Morgan fingerprint density at radius 3 is 3.04 bits per heavy atom. The lowest BCUT2D eigenvalue weighted by Crippen LogP contribution is -2.28. The topological polar surface area (TPSA) is 39.1 Å². The van der Waals surface area contributed by atoms with Crippen molar-refractivity contribution >= 4 is 32.6 Å². The van der Waals surface area contributed by atoms with Crippen LogP contribution in [-0.4, -0.2) is 28.7 Å². The Kier molecular flexibility index (Phi) is 3.61. The van der Waals surface area contributed by atoms with E-state index in [1.807, 2.05) is 12.4 Å². The molecule has 2 aromatic carbocycles. The van der Waals surface area contributed by atoms with Gasteiger partial charge in [0, 0.05) is 41.6 Å². The maximum Gasteiger partial charge on any atom is 0.129 e. The molecule has 0 spiro atoms. The summed E-state index contributed by atoms with van der Waals surface area (Å²) in [6.07, 6.45) is 6.26. The Morgan fingerprint density at radius 2 is 2.19 bits per heavy atom. The van der Waals surface area contributed by atoms with E-state index in [-0.39, 0.29) is 0 Å². The van der Waals surface area contributed by atoms with Crippen LogP contribution in [0, 0.1) is 6.92 Å². The van der Waals surface area contributed by atoms with Crippen LogP contribution in [0.2, 0.25) is 0 Å². The highest BCUT2D eigenvalue weighted by molar-refractivity contribution is 6.16. The number of rotatable bonds is 3. The highest BCUT2D eigenvalue weighted by Gasteiger charge is 2.18. The first-order valence-electron chi connectivity index (χ1n) is 9.34. The van der Waals surface area contributed by atoms with Gasteiger partial charge in [0.05, 0.1) is 11.0 Å². The largest absolute Gasteiger partial charge is 0.491 e. The molecule has 1 saturated heterocycles. The zero-order chi connectivity index (χ0) is 17.7. The lowest BCUT2D eigenvalue weighted by Gasteiger charge is -2.13. The Balaban J connectivity index is 1.74. The molecule has 0 radical (unpaired) electrons. The number of pyridine rings is 1. The fraction of sp³-hybridized carbons (Fsp3) is 0.318. The van der Waals surface area contributed by atoms with Crippen LogP contribution in [-0.2, 0) is 7.05 Å². The van der Waals surface area contributed by atoms with Gasteiger partial charge in [-0.3, -0.25) is 4.98 Å². The van der Waals surface area contributed by atoms with Gasteiger partial charge in [0.1, 0.15) is 12.4 Å². The molecule has 132 valence electrons. The quantitative estimate of drug-likeness (QED) is 0.601. The van der Waals surface area contributed by atoms with E-state index < -0.39 is 0 Å². The van der Waals surface area contributed by atoms with Crippen LogP contribution in [0.25, 0.3) is 32.6 Å². The Hall–Kier alpha value is -2.59. The van der Waals surface area contributed by atoms with Crippen LogP contribution >= 0.6 is 0 Å². The van der Waals surface area contributed by atoms with Crippen molar-refractivity contribution in [1.29, 1.82) is 0 Å². The van der Waals surface area contributed by atoms with Gasteiger partial charge in [-0.15, -0.1) is 0 Å². The number of nitrogens with zero attached hydrogens (tertiary/aromatic N) is 2. The molecule has 1 aliphatic rings. The molecule has 3 heterocycles. The number of benzene rings is 2. The fourth-order valence-electron chi connectivity index (χ4n) is 4.44. The summed E-state index contributed by atoms with van der Waals surface area (Å²) in [5.41, 5.74) is 3.78. The van der Waals surface area contributed by atoms with E-state index in [1.165, 1.54) is 51.0 Å². The third-order valence-electron chi connectivity index (χ3n) is 5.74. The molecular formula is C22H23N3O. The second-order valence-corrected chi connectivity index (χ2v) is 7.31. The minimum absolute atomic E-state index is 0.465. The van der Waals surface area contributed by atoms with E-state index in [9.17, 15) is 0 Å². The van der Waals surface area contributed by atoms with E-state index in [4.69, 9.17) is 4.74 Å². The smallest absolute Gasteiger partial charge is 0.129 e. The molecule has 1 fully saturated rings. The van der Waals surface area contributed by atoms with Crippen LogP contribution in [0.1, 0.15) is 18.4 Å². The predicted octanol–water partition coefficient (Wildman–Crippen LogP) is 4.32. The summed E-state index contributed by atoms with van der Waals surface area (Å²) in [4.78, 5) is 4.31. The van der Waals surface area contributed by atoms with Crippen molar-refractivity contribution in [3.8, 4) is 5.75 Å². The van der Waals surface area contributed by atoms with Gasteiger partial charge in [0.15, 0.2) is 0 Å². The monoisotopic (exact) mass is 345 g/mol. The third kappa shape index (κ3) is 2.29. The molecule has 0 amide bonds. The van der Waals surface area contributed by atoms with Gasteiger partial charge in [0.2, 0.25) is 0 Å². The highest BCUT2D eigenvalue weighted by atomic mass is 16.5. The number of aromatic nitrogens is 2. The molecule has 4 nitrogen and oxygen atoms in total. The summed E-state index contributed by atoms with van der Waals surface area (Å²) in [5.74, 6) is 0.976. The van der Waals surface area contributed by atoms with Crippen LogP contribution in [0.15, 0.2) is 42.7 Å². The maximum absolute atomic E-state index is 6.29. The molecule has 0 bridgehead atoms. The molecule has 1 aliphatic heterocycles. The number of hydrogen-bond donors (Lipinski definition) is 1. The number of nitrogens with one attached hydrogen (secondary N) is 1. The van der Waals surface area contributed by atoms with Crippen LogP contribution in [0.3, 0.4) is 0 Å². The van der Waals surface area contributed by atoms with Crippen LogP contribution < -0.4 is 10.1 Å². The zero-order valence-electron chi connectivity index (χ0n) is 15.2. The summed E-state index contributed by atoms with van der Waals surface area (Å²) < 4.78 is 8.58. The van der Waals surface area contributed by atoms with Gasteiger partial charge in [-0.05, 0) is 61.5 Å². The molecule has 4 aromatic rings. The minimum Gasteiger partial charge on any atom is -0.491 e. The van der Waals surface area contributed by atoms with E-state index in [2.05, 4.69) is 59.2 Å². The number of aryl methyl sites for hydroxylation is 2. The van der Waals surface area contributed by atoms with E-state index in [1.54, 1.807) is 0 Å². The van der Waals surface area contributed by atoms with Crippen molar-refractivity contribution < 1.29 is 4.74 Å². The standard InChI is InChI=1S/C22H23N3O/c1-14-17-8-10-23-12-15(17)11-18-21-19(25(2)22(14)18)6-3-7-20(21)26-13-16-5-4-9-24-16/h3,6-8,10-12,16,24H,4-5,9,13H2,1-2H3/t16-/m0/s1. The van der Waals surface area contributed by atoms with Crippen molar-refractivity contribution in [2.45, 2.75) is 25.8 Å². The molecule has 2 aromatic heterocycles. The summed E-state index contributed by atoms with van der Waals surface area (Å²) in [6.45, 7) is 4.03. The van der Waals surface area contributed by atoms with Crippen molar-refractivity contribution in [1.82, 2.24) is 14.9 Å². The molecule has 1 N–H and O–H groups in total. The van der Waals surface area contributed by atoms with Gasteiger partial charge in [-0.2, -0.15) is 0 Å². The summed E-state index contributed by atoms with van der Waals surface area (Å²) in [6, 6.07) is 11.2. The molecule has 4 heteroatoms. The minimum atomic E-state index is 0.465. The van der Waals surface area contributed by atoms with Gasteiger partial charge < -0.3 is 14.6 Å². The molecule has 5 rings (SSSR count). The molecule has 1 atom stereocenters. The Bertz CT molecular complexity index is 1120. The van der Waals surface area contributed by atoms with Crippen molar-refractivity contribution in [2.75, 3.05) is 13.2 Å². The van der Waals surface area contributed by atoms with Gasteiger partial charge >= 0.3 is 0 Å². The lowest BCUT2D eigenvalue weighted by atomic mass is 10.0. The first-order valence-corrected chi connectivity index (χ1v) is 9.34. The average Bonchev–Trinajstić information content (AvgIpc) is 3.28. The van der Waals surface area contributed by atoms with E-state index in [0.29, 0.717) is 6.04 Å². The predicted molar refractivity (Wildman–Crippen MR) is 107 cm³/mol. The average molecular weight is 345 g/mol. The van der Waals surface area contributed by atoms with E-state index >= 15 is 0 Å². The molecular weight excluding hydrogens is 322 g/mol. The van der Waals surface area contributed by atoms with Crippen LogP contribution in [0.4, 0.5) is 0 Å². The van der Waals surface area contributed by atoms with Gasteiger partial charge in [-0.25, -0.2) is 0 Å². The van der Waals surface area contributed by atoms with Gasteiger partial charge in [-0.1, -0.05) is 6.07 Å². The van der Waals surface area contributed by atoms with Crippen molar-refractivity contribution in [3.05, 3.63) is 48.3 Å². The second-order valence-electron chi connectivity index (χ2n) is 7.31.